The van der Waals surface area contributed by atoms with Crippen LogP contribution in [-0.4, -0.2) is 18.1 Å². The SMILES string of the molecule is CC(C)N(C)c1cscn1. The van der Waals surface area contributed by atoms with E-state index in [1.165, 1.54) is 0 Å². The smallest absolute Gasteiger partial charge is 0.139 e. The molecule has 56 valence electrons. The summed E-state index contributed by atoms with van der Waals surface area (Å²) in [5.41, 5.74) is 1.86. The molecule has 3 heteroatoms. The van der Waals surface area contributed by atoms with Gasteiger partial charge in [0.2, 0.25) is 0 Å². The molecule has 0 radical (unpaired) electrons. The van der Waals surface area contributed by atoms with Crippen LogP contribution in [0.5, 0.6) is 0 Å². The van der Waals surface area contributed by atoms with Crippen molar-refractivity contribution in [3.63, 3.8) is 0 Å². The lowest BCUT2D eigenvalue weighted by Gasteiger charge is -2.20. The second-order valence-electron chi connectivity index (χ2n) is 2.55. The summed E-state index contributed by atoms with van der Waals surface area (Å²) in [7, 11) is 2.06. The van der Waals surface area contributed by atoms with Crippen molar-refractivity contribution < 1.29 is 0 Å². The molecule has 0 amide bonds. The molecule has 0 unspecified atom stereocenters. The Kier molecular flexibility index (Phi) is 2.27. The molecule has 0 aromatic carbocycles. The van der Waals surface area contributed by atoms with E-state index in [4.69, 9.17) is 0 Å². The van der Waals surface area contributed by atoms with E-state index >= 15 is 0 Å². The largest absolute Gasteiger partial charge is 0.357 e. The van der Waals surface area contributed by atoms with Gasteiger partial charge in [0.25, 0.3) is 0 Å². The van der Waals surface area contributed by atoms with E-state index in [9.17, 15) is 0 Å². The first-order valence-corrected chi connectivity index (χ1v) is 4.27. The van der Waals surface area contributed by atoms with Crippen LogP contribution >= 0.6 is 11.3 Å². The average Bonchev–Trinajstić information content (AvgIpc) is 2.36. The zero-order chi connectivity index (χ0) is 7.56. The van der Waals surface area contributed by atoms with Gasteiger partial charge in [-0.05, 0) is 13.8 Å². The van der Waals surface area contributed by atoms with Crippen LogP contribution in [0.4, 0.5) is 5.82 Å². The number of hydrogen-bond donors (Lipinski definition) is 0. The van der Waals surface area contributed by atoms with Crippen LogP contribution in [0.1, 0.15) is 13.8 Å². The molecule has 0 N–H and O–H groups in total. The van der Waals surface area contributed by atoms with Crippen molar-refractivity contribution in [3.05, 3.63) is 10.9 Å². The molecule has 10 heavy (non-hydrogen) atoms. The molecule has 0 bridgehead atoms. The predicted molar refractivity (Wildman–Crippen MR) is 45.7 cm³/mol. The summed E-state index contributed by atoms with van der Waals surface area (Å²) in [5, 5.41) is 2.06. The fourth-order valence-electron chi connectivity index (χ4n) is 0.645. The molecule has 1 rings (SSSR count). The van der Waals surface area contributed by atoms with Gasteiger partial charge in [0.15, 0.2) is 0 Å². The number of rotatable bonds is 2. The summed E-state index contributed by atoms with van der Waals surface area (Å²) in [6.45, 7) is 4.30. The second kappa shape index (κ2) is 3.01. The van der Waals surface area contributed by atoms with Gasteiger partial charge in [0, 0.05) is 18.5 Å². The molecule has 0 aliphatic rings. The third kappa shape index (κ3) is 1.48. The van der Waals surface area contributed by atoms with Crippen molar-refractivity contribution in [2.24, 2.45) is 0 Å². The molecule has 0 saturated heterocycles. The van der Waals surface area contributed by atoms with Crippen molar-refractivity contribution in [2.45, 2.75) is 19.9 Å². The highest BCUT2D eigenvalue weighted by Gasteiger charge is 2.04. The van der Waals surface area contributed by atoms with E-state index in [1.807, 2.05) is 5.51 Å². The van der Waals surface area contributed by atoms with Crippen LogP contribution in [0.2, 0.25) is 0 Å². The molecular weight excluding hydrogens is 144 g/mol. The van der Waals surface area contributed by atoms with Gasteiger partial charge >= 0.3 is 0 Å². The molecule has 2 nitrogen and oxygen atoms in total. The van der Waals surface area contributed by atoms with Gasteiger partial charge < -0.3 is 4.90 Å². The lowest BCUT2D eigenvalue weighted by atomic mass is 10.3. The third-order valence-electron chi connectivity index (χ3n) is 1.56. The van der Waals surface area contributed by atoms with E-state index in [2.05, 4.69) is 36.2 Å². The zero-order valence-electron chi connectivity index (χ0n) is 6.53. The summed E-state index contributed by atoms with van der Waals surface area (Å²) < 4.78 is 0. The van der Waals surface area contributed by atoms with Crippen LogP contribution in [0.3, 0.4) is 0 Å². The highest BCUT2D eigenvalue weighted by atomic mass is 32.1. The minimum absolute atomic E-state index is 0.530. The molecular formula is C7H12N2S. The molecule has 0 atom stereocenters. The maximum atomic E-state index is 4.18. The molecule has 0 fully saturated rings. The topological polar surface area (TPSA) is 16.1 Å². The first-order valence-electron chi connectivity index (χ1n) is 3.33. The monoisotopic (exact) mass is 156 g/mol. The Morgan fingerprint density at radius 3 is 2.70 bits per heavy atom. The Morgan fingerprint density at radius 1 is 1.60 bits per heavy atom. The van der Waals surface area contributed by atoms with Crippen molar-refractivity contribution in [3.8, 4) is 0 Å². The third-order valence-corrected chi connectivity index (χ3v) is 2.13. The zero-order valence-corrected chi connectivity index (χ0v) is 7.35. The number of hydrogen-bond acceptors (Lipinski definition) is 3. The number of anilines is 1. The summed E-state index contributed by atoms with van der Waals surface area (Å²) in [5.74, 6) is 1.07. The van der Waals surface area contributed by atoms with Crippen LogP contribution < -0.4 is 4.90 Å². The van der Waals surface area contributed by atoms with Crippen LogP contribution in [0, 0.1) is 0 Å². The standard InChI is InChI=1S/C7H12N2S/c1-6(2)9(3)7-4-10-5-8-7/h4-6H,1-3H3. The highest BCUT2D eigenvalue weighted by Crippen LogP contribution is 2.13. The van der Waals surface area contributed by atoms with Crippen molar-refractivity contribution in [1.82, 2.24) is 4.98 Å². The van der Waals surface area contributed by atoms with E-state index in [-0.39, 0.29) is 0 Å². The lowest BCUT2D eigenvalue weighted by molar-refractivity contribution is 0.746. The van der Waals surface area contributed by atoms with E-state index in [0.29, 0.717) is 6.04 Å². The molecule has 0 aliphatic heterocycles. The van der Waals surface area contributed by atoms with E-state index in [0.717, 1.165) is 5.82 Å². The fourth-order valence-corrected chi connectivity index (χ4v) is 1.22. The Labute approximate surface area is 65.5 Å². The Hall–Kier alpha value is -0.570. The molecule has 0 aliphatic carbocycles. The van der Waals surface area contributed by atoms with Gasteiger partial charge in [-0.1, -0.05) is 0 Å². The van der Waals surface area contributed by atoms with Crippen LogP contribution in [-0.2, 0) is 0 Å². The van der Waals surface area contributed by atoms with Gasteiger partial charge in [-0.2, -0.15) is 0 Å². The van der Waals surface area contributed by atoms with Gasteiger partial charge in [-0.15, -0.1) is 11.3 Å². The minimum atomic E-state index is 0.530. The van der Waals surface area contributed by atoms with Crippen molar-refractivity contribution in [1.29, 1.82) is 0 Å². The van der Waals surface area contributed by atoms with Crippen molar-refractivity contribution >= 4 is 17.2 Å². The van der Waals surface area contributed by atoms with Crippen molar-refractivity contribution in [2.75, 3.05) is 11.9 Å². The molecule has 1 heterocycles. The molecule has 0 spiro atoms. The van der Waals surface area contributed by atoms with Crippen LogP contribution in [0.25, 0.3) is 0 Å². The Bertz CT molecular complexity index is 181. The summed E-state index contributed by atoms with van der Waals surface area (Å²) in [4.78, 5) is 6.33. The lowest BCUT2D eigenvalue weighted by Crippen LogP contribution is -2.25. The summed E-state index contributed by atoms with van der Waals surface area (Å²) >= 11 is 1.63. The van der Waals surface area contributed by atoms with Gasteiger partial charge in [-0.25, -0.2) is 4.98 Å². The van der Waals surface area contributed by atoms with Crippen LogP contribution in [0.15, 0.2) is 10.9 Å². The summed E-state index contributed by atoms with van der Waals surface area (Å²) in [6, 6.07) is 0.530. The predicted octanol–water partition coefficient (Wildman–Crippen LogP) is 1.99. The fraction of sp³-hybridized carbons (Fsp3) is 0.571. The first kappa shape index (κ1) is 7.54. The Morgan fingerprint density at radius 2 is 2.30 bits per heavy atom. The minimum Gasteiger partial charge on any atom is -0.357 e. The van der Waals surface area contributed by atoms with Gasteiger partial charge in [0.1, 0.15) is 5.82 Å². The quantitative estimate of drug-likeness (QED) is 0.651. The number of nitrogens with zero attached hydrogens (tertiary/aromatic N) is 2. The average molecular weight is 156 g/mol. The Balaban J connectivity index is 2.68. The van der Waals surface area contributed by atoms with E-state index in [1.54, 1.807) is 11.3 Å². The number of aromatic nitrogens is 1. The normalized spacial score (nSPS) is 10.4. The molecule has 1 aromatic rings. The first-order chi connectivity index (χ1) is 4.72. The second-order valence-corrected chi connectivity index (χ2v) is 3.27. The van der Waals surface area contributed by atoms with Gasteiger partial charge in [0.05, 0.1) is 5.51 Å². The van der Waals surface area contributed by atoms with E-state index < -0.39 is 0 Å². The molecule has 1 aromatic heterocycles. The van der Waals surface area contributed by atoms with Gasteiger partial charge in [-0.3, -0.25) is 0 Å². The highest BCUT2D eigenvalue weighted by molar-refractivity contribution is 7.07. The summed E-state index contributed by atoms with van der Waals surface area (Å²) in [6.07, 6.45) is 0. The number of thiazole rings is 1. The maximum Gasteiger partial charge on any atom is 0.139 e. The maximum absolute atomic E-state index is 4.18. The molecule has 0 saturated carbocycles.